The Bertz CT molecular complexity index is 878. The molecule has 0 saturated carbocycles. The van der Waals surface area contributed by atoms with Gasteiger partial charge in [0.05, 0.1) is 17.5 Å². The van der Waals surface area contributed by atoms with E-state index in [4.69, 9.17) is 0 Å². The smallest absolute Gasteiger partial charge is 0.243 e. The van der Waals surface area contributed by atoms with Gasteiger partial charge in [0.25, 0.3) is 0 Å². The van der Waals surface area contributed by atoms with Crippen LogP contribution in [-0.4, -0.2) is 45.1 Å². The third-order valence-electron chi connectivity index (χ3n) is 5.22. The predicted molar refractivity (Wildman–Crippen MR) is 124 cm³/mol. The molecule has 1 aromatic heterocycles. The van der Waals surface area contributed by atoms with E-state index in [1.165, 1.54) is 16.7 Å². The molecule has 1 aromatic carbocycles. The molecule has 1 unspecified atom stereocenters. The number of para-hydroxylation sites is 1. The third-order valence-corrected chi connectivity index (χ3v) is 6.29. The number of amides is 2. The van der Waals surface area contributed by atoms with E-state index in [0.29, 0.717) is 0 Å². The first kappa shape index (κ1) is 24.0. The van der Waals surface area contributed by atoms with Crippen LogP contribution >= 0.6 is 11.8 Å². The Morgan fingerprint density at radius 3 is 2.60 bits per heavy atom. The van der Waals surface area contributed by atoms with Gasteiger partial charge in [0.1, 0.15) is 0 Å². The molecule has 2 aromatic rings. The monoisotopic (exact) mass is 430 g/mol. The predicted octanol–water partition coefficient (Wildman–Crippen LogP) is 4.44. The summed E-state index contributed by atoms with van der Waals surface area (Å²) in [6.07, 6.45) is 3.02. The number of imidazole rings is 1. The molecule has 0 fully saturated rings. The number of aromatic nitrogens is 2. The van der Waals surface area contributed by atoms with Gasteiger partial charge in [-0.05, 0) is 45.2 Å². The Balaban J connectivity index is 1.99. The maximum Gasteiger partial charge on any atom is 0.243 e. The van der Waals surface area contributed by atoms with Crippen LogP contribution in [0.1, 0.15) is 50.6 Å². The van der Waals surface area contributed by atoms with Crippen molar-refractivity contribution in [2.45, 2.75) is 70.8 Å². The van der Waals surface area contributed by atoms with Crippen molar-refractivity contribution in [3.05, 3.63) is 41.2 Å². The van der Waals surface area contributed by atoms with Crippen molar-refractivity contribution < 1.29 is 9.59 Å². The van der Waals surface area contributed by atoms with Crippen molar-refractivity contribution in [3.8, 4) is 0 Å². The summed E-state index contributed by atoms with van der Waals surface area (Å²) in [5, 5.41) is 3.47. The first-order valence-electron chi connectivity index (χ1n) is 10.6. The highest BCUT2D eigenvalue weighted by Gasteiger charge is 2.23. The number of nitrogens with one attached hydrogen (secondary N) is 1. The minimum Gasteiger partial charge on any atom is -0.335 e. The third kappa shape index (κ3) is 6.11. The van der Waals surface area contributed by atoms with Gasteiger partial charge in [-0.1, -0.05) is 50.2 Å². The molecule has 7 heteroatoms. The van der Waals surface area contributed by atoms with Crippen LogP contribution in [0.3, 0.4) is 0 Å². The van der Waals surface area contributed by atoms with Gasteiger partial charge >= 0.3 is 0 Å². The first-order valence-corrected chi connectivity index (χ1v) is 11.5. The number of carbonyl (C=O) groups excluding carboxylic acids is 2. The summed E-state index contributed by atoms with van der Waals surface area (Å²) >= 11 is 1.46. The second kappa shape index (κ2) is 11.2. The van der Waals surface area contributed by atoms with Gasteiger partial charge in [0, 0.05) is 25.0 Å². The molecule has 164 valence electrons. The number of benzene rings is 1. The summed E-state index contributed by atoms with van der Waals surface area (Å²) in [5.74, 6) is -0.278. The molecule has 6 nitrogen and oxygen atoms in total. The molecule has 0 spiro atoms. The standard InChI is InChI=1S/C23H34N4O2S/c1-7-9-14-27-17(4)16(3)24-23(27)30-18(5)22(29)26(6)15-21(28)25-20-13-11-10-12-19(20)8-2/h10-13,18H,7-9,14-15H2,1-6H3,(H,25,28). The van der Waals surface area contributed by atoms with Crippen molar-refractivity contribution in [1.29, 1.82) is 0 Å². The van der Waals surface area contributed by atoms with Crippen molar-refractivity contribution in [2.75, 3.05) is 18.9 Å². The molecule has 1 heterocycles. The second-order valence-corrected chi connectivity index (χ2v) is 8.89. The molecular formula is C23H34N4O2S. The Hall–Kier alpha value is -2.28. The first-order chi connectivity index (χ1) is 14.3. The summed E-state index contributed by atoms with van der Waals surface area (Å²) in [5.41, 5.74) is 4.02. The number of aryl methyl sites for hydroxylation is 2. The fourth-order valence-corrected chi connectivity index (χ4v) is 4.39. The highest BCUT2D eigenvalue weighted by molar-refractivity contribution is 8.00. The van der Waals surface area contributed by atoms with Gasteiger partial charge in [-0.2, -0.15) is 0 Å². The normalized spacial score (nSPS) is 11.9. The number of likely N-dealkylation sites (N-methyl/N-ethyl adjacent to an activating group) is 1. The lowest BCUT2D eigenvalue weighted by molar-refractivity contribution is -0.132. The topological polar surface area (TPSA) is 67.2 Å². The van der Waals surface area contributed by atoms with E-state index in [-0.39, 0.29) is 23.6 Å². The zero-order valence-corrected chi connectivity index (χ0v) is 19.8. The summed E-state index contributed by atoms with van der Waals surface area (Å²) in [6.45, 7) is 11.1. The molecule has 2 amide bonds. The van der Waals surface area contributed by atoms with Gasteiger partial charge < -0.3 is 14.8 Å². The number of unbranched alkanes of at least 4 members (excludes halogenated alkanes) is 1. The Morgan fingerprint density at radius 1 is 1.23 bits per heavy atom. The number of hydrogen-bond acceptors (Lipinski definition) is 4. The van der Waals surface area contributed by atoms with Crippen molar-refractivity contribution in [1.82, 2.24) is 14.5 Å². The molecule has 0 bridgehead atoms. The number of rotatable bonds is 10. The number of hydrogen-bond donors (Lipinski definition) is 1. The van der Waals surface area contributed by atoms with E-state index < -0.39 is 0 Å². The molecule has 2 rings (SSSR count). The zero-order valence-electron chi connectivity index (χ0n) is 19.0. The fraction of sp³-hybridized carbons (Fsp3) is 0.522. The van der Waals surface area contributed by atoms with Gasteiger partial charge in [-0.25, -0.2) is 4.98 Å². The molecule has 1 N–H and O–H groups in total. The highest BCUT2D eigenvalue weighted by atomic mass is 32.2. The fourth-order valence-electron chi connectivity index (χ4n) is 3.25. The Morgan fingerprint density at radius 2 is 1.93 bits per heavy atom. The van der Waals surface area contributed by atoms with Crippen LogP contribution in [0, 0.1) is 13.8 Å². The van der Waals surface area contributed by atoms with Gasteiger partial charge in [0.15, 0.2) is 5.16 Å². The van der Waals surface area contributed by atoms with E-state index in [9.17, 15) is 9.59 Å². The second-order valence-electron chi connectivity index (χ2n) is 7.58. The molecule has 30 heavy (non-hydrogen) atoms. The number of anilines is 1. The molecule has 0 radical (unpaired) electrons. The van der Waals surface area contributed by atoms with E-state index >= 15 is 0 Å². The molecule has 0 aliphatic rings. The Kier molecular flexibility index (Phi) is 8.96. The molecular weight excluding hydrogens is 396 g/mol. The number of carbonyl (C=O) groups is 2. The zero-order chi connectivity index (χ0) is 22.3. The van der Waals surface area contributed by atoms with Crippen LogP contribution < -0.4 is 5.32 Å². The number of nitrogens with zero attached hydrogens (tertiary/aromatic N) is 3. The van der Waals surface area contributed by atoms with Crippen LogP contribution in [0.5, 0.6) is 0 Å². The van der Waals surface area contributed by atoms with E-state index in [0.717, 1.165) is 53.6 Å². The molecule has 0 saturated heterocycles. The molecule has 1 atom stereocenters. The Labute approximate surface area is 184 Å². The van der Waals surface area contributed by atoms with Crippen LogP contribution in [-0.2, 0) is 22.6 Å². The average Bonchev–Trinajstić information content (AvgIpc) is 2.98. The van der Waals surface area contributed by atoms with Gasteiger partial charge in [0.2, 0.25) is 11.8 Å². The number of thioether (sulfide) groups is 1. The van der Waals surface area contributed by atoms with Gasteiger partial charge in [-0.15, -0.1) is 0 Å². The largest absolute Gasteiger partial charge is 0.335 e. The summed E-state index contributed by atoms with van der Waals surface area (Å²) in [6, 6.07) is 7.73. The highest BCUT2D eigenvalue weighted by Crippen LogP contribution is 2.26. The maximum atomic E-state index is 12.9. The van der Waals surface area contributed by atoms with Crippen molar-refractivity contribution >= 4 is 29.3 Å². The lowest BCUT2D eigenvalue weighted by Gasteiger charge is -2.21. The van der Waals surface area contributed by atoms with Crippen molar-refractivity contribution in [2.24, 2.45) is 0 Å². The van der Waals surface area contributed by atoms with Crippen molar-refractivity contribution in [3.63, 3.8) is 0 Å². The molecule has 0 aliphatic heterocycles. The van der Waals surface area contributed by atoms with Gasteiger partial charge in [-0.3, -0.25) is 9.59 Å². The summed E-state index contributed by atoms with van der Waals surface area (Å²) in [7, 11) is 1.67. The van der Waals surface area contributed by atoms with Crippen LogP contribution in [0.25, 0.3) is 0 Å². The minimum atomic E-state index is -0.327. The van der Waals surface area contributed by atoms with Crippen LogP contribution in [0.4, 0.5) is 5.69 Å². The summed E-state index contributed by atoms with van der Waals surface area (Å²) in [4.78, 5) is 31.5. The quantitative estimate of drug-likeness (QED) is 0.566. The van der Waals surface area contributed by atoms with E-state index in [1.807, 2.05) is 45.0 Å². The molecule has 0 aliphatic carbocycles. The average molecular weight is 431 g/mol. The maximum absolute atomic E-state index is 12.9. The lowest BCUT2D eigenvalue weighted by atomic mass is 10.1. The van der Waals surface area contributed by atoms with Crippen LogP contribution in [0.2, 0.25) is 0 Å². The lowest BCUT2D eigenvalue weighted by Crippen LogP contribution is -2.39. The van der Waals surface area contributed by atoms with E-state index in [1.54, 1.807) is 7.05 Å². The van der Waals surface area contributed by atoms with Crippen LogP contribution in [0.15, 0.2) is 29.4 Å². The van der Waals surface area contributed by atoms with E-state index in [2.05, 4.69) is 28.7 Å². The minimum absolute atomic E-state index is 0.0180. The summed E-state index contributed by atoms with van der Waals surface area (Å²) < 4.78 is 2.20. The SMILES string of the molecule is CCCCn1c(SC(C)C(=O)N(C)CC(=O)Nc2ccccc2CC)nc(C)c1C.